The first-order valence-electron chi connectivity index (χ1n) is 5.14. The molecule has 4 nitrogen and oxygen atoms in total. The minimum Gasteiger partial charge on any atom is -0.493 e. The van der Waals surface area contributed by atoms with Crippen molar-refractivity contribution in [1.82, 2.24) is 0 Å². The molecule has 0 radical (unpaired) electrons. The quantitative estimate of drug-likeness (QED) is 0.831. The Morgan fingerprint density at radius 3 is 2.19 bits per heavy atom. The normalized spacial score (nSPS) is 12.3. The van der Waals surface area contributed by atoms with Crippen LogP contribution in [-0.2, 0) is 11.3 Å². The third kappa shape index (κ3) is 2.46. The Kier molecular flexibility index (Phi) is 4.58. The zero-order valence-electron chi connectivity index (χ0n) is 10.2. The number of hydrogen-bond donors (Lipinski definition) is 1. The van der Waals surface area contributed by atoms with Crippen molar-refractivity contribution < 1.29 is 14.2 Å². The van der Waals surface area contributed by atoms with Crippen molar-refractivity contribution in [2.45, 2.75) is 19.6 Å². The predicted molar refractivity (Wildman–Crippen MR) is 62.9 cm³/mol. The zero-order valence-corrected chi connectivity index (χ0v) is 10.2. The smallest absolute Gasteiger partial charge is 0.166 e. The van der Waals surface area contributed by atoms with Crippen LogP contribution < -0.4 is 15.2 Å². The van der Waals surface area contributed by atoms with E-state index in [1.807, 2.05) is 19.1 Å². The molecule has 0 amide bonds. The lowest BCUT2D eigenvalue weighted by Crippen LogP contribution is -2.09. The van der Waals surface area contributed by atoms with Gasteiger partial charge < -0.3 is 19.9 Å². The van der Waals surface area contributed by atoms with E-state index in [4.69, 9.17) is 19.9 Å². The van der Waals surface area contributed by atoms with Crippen molar-refractivity contribution in [2.24, 2.45) is 5.73 Å². The molecule has 0 aliphatic heterocycles. The average Bonchev–Trinajstić information content (AvgIpc) is 2.28. The molecule has 90 valence electrons. The minimum absolute atomic E-state index is 0.0968. The van der Waals surface area contributed by atoms with Gasteiger partial charge >= 0.3 is 0 Å². The third-order valence-corrected chi connectivity index (χ3v) is 2.42. The summed E-state index contributed by atoms with van der Waals surface area (Å²) >= 11 is 0. The van der Waals surface area contributed by atoms with Crippen LogP contribution in [0.25, 0.3) is 0 Å². The Morgan fingerprint density at radius 1 is 1.12 bits per heavy atom. The predicted octanol–water partition coefficient (Wildman–Crippen LogP) is 1.87. The first-order valence-corrected chi connectivity index (χ1v) is 5.14. The molecule has 1 aromatic rings. The molecule has 1 unspecified atom stereocenters. The number of rotatable bonds is 5. The van der Waals surface area contributed by atoms with E-state index in [1.54, 1.807) is 21.3 Å². The van der Waals surface area contributed by atoms with Crippen LogP contribution in [0.1, 0.15) is 24.1 Å². The highest BCUT2D eigenvalue weighted by molar-refractivity contribution is 5.52. The summed E-state index contributed by atoms with van der Waals surface area (Å²) in [5, 5.41) is 0. The first-order chi connectivity index (χ1) is 7.65. The Labute approximate surface area is 96.3 Å². The van der Waals surface area contributed by atoms with Crippen molar-refractivity contribution in [3.8, 4) is 11.5 Å². The van der Waals surface area contributed by atoms with Crippen molar-refractivity contribution >= 4 is 0 Å². The monoisotopic (exact) mass is 225 g/mol. The van der Waals surface area contributed by atoms with Gasteiger partial charge in [0.1, 0.15) is 0 Å². The fourth-order valence-electron chi connectivity index (χ4n) is 1.68. The van der Waals surface area contributed by atoms with E-state index < -0.39 is 0 Å². The van der Waals surface area contributed by atoms with E-state index in [9.17, 15) is 0 Å². The van der Waals surface area contributed by atoms with E-state index in [-0.39, 0.29) is 6.04 Å². The second kappa shape index (κ2) is 5.72. The van der Waals surface area contributed by atoms with Crippen molar-refractivity contribution in [2.75, 3.05) is 21.3 Å². The van der Waals surface area contributed by atoms with Crippen molar-refractivity contribution in [3.63, 3.8) is 0 Å². The molecule has 0 aromatic heterocycles. The maximum atomic E-state index is 5.87. The van der Waals surface area contributed by atoms with E-state index >= 15 is 0 Å². The van der Waals surface area contributed by atoms with Crippen LogP contribution in [0.4, 0.5) is 0 Å². The highest BCUT2D eigenvalue weighted by Crippen LogP contribution is 2.37. The van der Waals surface area contributed by atoms with Gasteiger partial charge in [-0.2, -0.15) is 0 Å². The summed E-state index contributed by atoms with van der Waals surface area (Å²) < 4.78 is 15.8. The molecule has 0 saturated heterocycles. The summed E-state index contributed by atoms with van der Waals surface area (Å²) in [5.74, 6) is 1.38. The van der Waals surface area contributed by atoms with Gasteiger partial charge in [-0.25, -0.2) is 0 Å². The van der Waals surface area contributed by atoms with Crippen LogP contribution in [0.15, 0.2) is 12.1 Å². The lowest BCUT2D eigenvalue weighted by molar-refractivity contribution is 0.180. The summed E-state index contributed by atoms with van der Waals surface area (Å²) in [5.41, 5.74) is 7.75. The second-order valence-electron chi connectivity index (χ2n) is 3.60. The van der Waals surface area contributed by atoms with Gasteiger partial charge in [0.2, 0.25) is 0 Å². The molecular weight excluding hydrogens is 206 g/mol. The third-order valence-electron chi connectivity index (χ3n) is 2.42. The number of methoxy groups -OCH3 is 3. The maximum Gasteiger partial charge on any atom is 0.166 e. The van der Waals surface area contributed by atoms with E-state index in [1.165, 1.54) is 0 Å². The molecule has 1 rings (SSSR count). The lowest BCUT2D eigenvalue weighted by Gasteiger charge is -2.17. The van der Waals surface area contributed by atoms with Crippen LogP contribution in [0.2, 0.25) is 0 Å². The fourth-order valence-corrected chi connectivity index (χ4v) is 1.68. The summed E-state index contributed by atoms with van der Waals surface area (Å²) in [6, 6.07) is 3.80. The minimum atomic E-state index is -0.0968. The molecule has 0 saturated carbocycles. The van der Waals surface area contributed by atoms with Gasteiger partial charge in [0, 0.05) is 24.3 Å². The number of benzene rings is 1. The standard InChI is InChI=1S/C12H19NO3/c1-8(13)10-6-5-9(7-14-2)11(15-3)12(10)16-4/h5-6,8H,7,13H2,1-4H3. The first kappa shape index (κ1) is 12.8. The molecule has 0 fully saturated rings. The maximum absolute atomic E-state index is 5.87. The van der Waals surface area contributed by atoms with Crippen molar-refractivity contribution in [1.29, 1.82) is 0 Å². The van der Waals surface area contributed by atoms with E-state index in [2.05, 4.69) is 0 Å². The summed E-state index contributed by atoms with van der Waals surface area (Å²) in [7, 11) is 4.87. The van der Waals surface area contributed by atoms with Gasteiger partial charge in [-0.15, -0.1) is 0 Å². The van der Waals surface area contributed by atoms with Gasteiger partial charge in [0.25, 0.3) is 0 Å². The molecule has 2 N–H and O–H groups in total. The van der Waals surface area contributed by atoms with Crippen LogP contribution in [0.3, 0.4) is 0 Å². The fraction of sp³-hybridized carbons (Fsp3) is 0.500. The van der Waals surface area contributed by atoms with Crippen molar-refractivity contribution in [3.05, 3.63) is 23.3 Å². The average molecular weight is 225 g/mol. The van der Waals surface area contributed by atoms with Gasteiger partial charge in [0.05, 0.1) is 20.8 Å². The largest absolute Gasteiger partial charge is 0.493 e. The van der Waals surface area contributed by atoms with Gasteiger partial charge in [0.15, 0.2) is 11.5 Å². The molecule has 1 aromatic carbocycles. The molecular formula is C12H19NO3. The summed E-state index contributed by atoms with van der Waals surface area (Å²) in [4.78, 5) is 0. The Bertz CT molecular complexity index is 350. The SMILES string of the molecule is COCc1ccc(C(C)N)c(OC)c1OC. The van der Waals surface area contributed by atoms with Crippen LogP contribution >= 0.6 is 0 Å². The highest BCUT2D eigenvalue weighted by Gasteiger charge is 2.16. The molecule has 1 atom stereocenters. The summed E-state index contributed by atoms with van der Waals surface area (Å²) in [6.07, 6.45) is 0. The van der Waals surface area contributed by atoms with Crippen LogP contribution in [0.5, 0.6) is 11.5 Å². The van der Waals surface area contributed by atoms with Crippen LogP contribution in [-0.4, -0.2) is 21.3 Å². The Balaban J connectivity index is 3.28. The molecule has 16 heavy (non-hydrogen) atoms. The van der Waals surface area contributed by atoms with Gasteiger partial charge in [-0.3, -0.25) is 0 Å². The highest BCUT2D eigenvalue weighted by atomic mass is 16.5. The molecule has 0 heterocycles. The molecule has 4 heteroatoms. The second-order valence-corrected chi connectivity index (χ2v) is 3.60. The number of hydrogen-bond acceptors (Lipinski definition) is 4. The molecule has 0 spiro atoms. The lowest BCUT2D eigenvalue weighted by atomic mass is 10.0. The summed E-state index contributed by atoms with van der Waals surface area (Å²) in [6.45, 7) is 2.39. The van der Waals surface area contributed by atoms with Gasteiger partial charge in [-0.1, -0.05) is 12.1 Å². The molecule has 0 aliphatic carbocycles. The number of nitrogens with two attached hydrogens (primary N) is 1. The van der Waals surface area contributed by atoms with E-state index in [0.717, 1.165) is 11.1 Å². The van der Waals surface area contributed by atoms with Gasteiger partial charge in [-0.05, 0) is 6.92 Å². The molecule has 0 bridgehead atoms. The van der Waals surface area contributed by atoms with E-state index in [0.29, 0.717) is 18.1 Å². The number of ether oxygens (including phenoxy) is 3. The Morgan fingerprint density at radius 2 is 1.75 bits per heavy atom. The van der Waals surface area contributed by atoms with Crippen LogP contribution in [0, 0.1) is 0 Å². The zero-order chi connectivity index (χ0) is 12.1. The Hall–Kier alpha value is -1.26. The molecule has 0 aliphatic rings. The topological polar surface area (TPSA) is 53.7 Å².